The van der Waals surface area contributed by atoms with E-state index in [1.54, 1.807) is 6.20 Å². The second-order valence-electron chi connectivity index (χ2n) is 4.38. The molecule has 0 aliphatic heterocycles. The van der Waals surface area contributed by atoms with Gasteiger partial charge in [-0.25, -0.2) is 0 Å². The molecule has 0 aliphatic carbocycles. The maximum absolute atomic E-state index is 3.90. The van der Waals surface area contributed by atoms with Gasteiger partial charge in [0.25, 0.3) is 0 Å². The summed E-state index contributed by atoms with van der Waals surface area (Å²) < 4.78 is 1.05. The average molecular weight is 243 g/mol. The summed E-state index contributed by atoms with van der Waals surface area (Å²) in [6, 6.07) is 0. The number of rotatable bonds is 1. The third-order valence-corrected chi connectivity index (χ3v) is 3.14. The molecule has 0 amide bonds. The molecule has 0 aliphatic rings. The molecule has 1 unspecified atom stereocenters. The summed E-state index contributed by atoms with van der Waals surface area (Å²) in [6.07, 6.45) is 3.58. The third kappa shape index (κ3) is 2.50. The number of hydrogen-bond acceptors (Lipinski definition) is 2. The van der Waals surface area contributed by atoms with Crippen LogP contribution in [-0.2, 0) is 0 Å². The first-order valence-electron chi connectivity index (χ1n) is 4.39. The van der Waals surface area contributed by atoms with Crippen molar-refractivity contribution in [3.05, 3.63) is 22.4 Å². The molecule has 0 saturated carbocycles. The lowest BCUT2D eigenvalue weighted by atomic mass is 9.78. The normalized spacial score (nSPS) is 14.2. The van der Waals surface area contributed by atoms with Gasteiger partial charge in [0.15, 0.2) is 0 Å². The van der Waals surface area contributed by atoms with E-state index in [1.807, 2.05) is 6.20 Å². The predicted molar refractivity (Wildman–Crippen MR) is 57.6 cm³/mol. The molecule has 3 heteroatoms. The average Bonchev–Trinajstić information content (AvgIpc) is 2.02. The molecular weight excluding hydrogens is 228 g/mol. The van der Waals surface area contributed by atoms with Crippen LogP contribution >= 0.6 is 15.9 Å². The number of aromatic nitrogens is 2. The predicted octanol–water partition coefficient (Wildman–Crippen LogP) is 3.39. The van der Waals surface area contributed by atoms with E-state index in [4.69, 9.17) is 0 Å². The summed E-state index contributed by atoms with van der Waals surface area (Å²) in [5, 5.41) is 7.71. The van der Waals surface area contributed by atoms with E-state index >= 15 is 0 Å². The first-order chi connectivity index (χ1) is 5.93. The molecular formula is C10H15BrN2. The Morgan fingerprint density at radius 2 is 1.77 bits per heavy atom. The third-order valence-electron chi connectivity index (χ3n) is 2.48. The summed E-state index contributed by atoms with van der Waals surface area (Å²) >= 11 is 3.49. The van der Waals surface area contributed by atoms with Crippen LogP contribution in [0.1, 0.15) is 39.2 Å². The zero-order chi connectivity index (χ0) is 10.1. The minimum absolute atomic E-state index is 0.256. The van der Waals surface area contributed by atoms with Gasteiger partial charge in [-0.05, 0) is 32.8 Å². The highest BCUT2D eigenvalue weighted by Gasteiger charge is 2.23. The van der Waals surface area contributed by atoms with Crippen LogP contribution in [0.4, 0.5) is 0 Å². The second kappa shape index (κ2) is 3.74. The molecule has 0 bridgehead atoms. The van der Waals surface area contributed by atoms with E-state index < -0.39 is 0 Å². The molecule has 1 aromatic rings. The van der Waals surface area contributed by atoms with E-state index in [9.17, 15) is 0 Å². The maximum atomic E-state index is 3.90. The maximum Gasteiger partial charge on any atom is 0.0641 e. The first kappa shape index (κ1) is 10.6. The largest absolute Gasteiger partial charge is 0.159 e. The molecule has 0 saturated heterocycles. The van der Waals surface area contributed by atoms with Crippen LogP contribution in [0.15, 0.2) is 16.9 Å². The van der Waals surface area contributed by atoms with Gasteiger partial charge in [0.05, 0.1) is 12.4 Å². The zero-order valence-corrected chi connectivity index (χ0v) is 10.1. The van der Waals surface area contributed by atoms with Gasteiger partial charge in [0, 0.05) is 4.47 Å². The Morgan fingerprint density at radius 3 is 2.23 bits per heavy atom. The summed E-state index contributed by atoms with van der Waals surface area (Å²) in [7, 11) is 0. The summed E-state index contributed by atoms with van der Waals surface area (Å²) in [6.45, 7) is 8.89. The molecule has 0 spiro atoms. The topological polar surface area (TPSA) is 25.8 Å². The Morgan fingerprint density at radius 1 is 1.23 bits per heavy atom. The van der Waals surface area contributed by atoms with Crippen molar-refractivity contribution in [2.45, 2.75) is 33.6 Å². The highest BCUT2D eigenvalue weighted by molar-refractivity contribution is 9.10. The van der Waals surface area contributed by atoms with Crippen molar-refractivity contribution in [2.24, 2.45) is 5.41 Å². The van der Waals surface area contributed by atoms with Crippen molar-refractivity contribution in [1.29, 1.82) is 0 Å². The van der Waals surface area contributed by atoms with Crippen molar-refractivity contribution in [1.82, 2.24) is 10.2 Å². The Hall–Kier alpha value is -0.440. The van der Waals surface area contributed by atoms with Gasteiger partial charge >= 0.3 is 0 Å². The Bertz CT molecular complexity index is 291. The molecule has 1 aromatic heterocycles. The highest BCUT2D eigenvalue weighted by atomic mass is 79.9. The lowest BCUT2D eigenvalue weighted by Gasteiger charge is -2.27. The van der Waals surface area contributed by atoms with E-state index in [1.165, 1.54) is 5.56 Å². The van der Waals surface area contributed by atoms with E-state index in [0.29, 0.717) is 5.92 Å². The lowest BCUT2D eigenvalue weighted by Crippen LogP contribution is -2.16. The van der Waals surface area contributed by atoms with Crippen molar-refractivity contribution in [3.63, 3.8) is 0 Å². The first-order valence-corrected chi connectivity index (χ1v) is 5.18. The van der Waals surface area contributed by atoms with Gasteiger partial charge in [0.2, 0.25) is 0 Å². The SMILES string of the molecule is CC(c1cnncc1Br)C(C)(C)C. The highest BCUT2D eigenvalue weighted by Crippen LogP contribution is 2.36. The van der Waals surface area contributed by atoms with Gasteiger partial charge < -0.3 is 0 Å². The van der Waals surface area contributed by atoms with Crippen LogP contribution in [0.25, 0.3) is 0 Å². The zero-order valence-electron chi connectivity index (χ0n) is 8.50. The van der Waals surface area contributed by atoms with Crippen LogP contribution in [0.2, 0.25) is 0 Å². The smallest absolute Gasteiger partial charge is 0.0641 e. The van der Waals surface area contributed by atoms with Gasteiger partial charge in [-0.1, -0.05) is 27.7 Å². The lowest BCUT2D eigenvalue weighted by molar-refractivity contribution is 0.338. The molecule has 0 N–H and O–H groups in total. The monoisotopic (exact) mass is 242 g/mol. The van der Waals surface area contributed by atoms with Crippen LogP contribution in [-0.4, -0.2) is 10.2 Å². The van der Waals surface area contributed by atoms with Crippen LogP contribution in [0, 0.1) is 5.41 Å². The van der Waals surface area contributed by atoms with Gasteiger partial charge in [-0.2, -0.15) is 10.2 Å². The van der Waals surface area contributed by atoms with Gasteiger partial charge in [0.1, 0.15) is 0 Å². The van der Waals surface area contributed by atoms with Gasteiger partial charge in [-0.15, -0.1) is 0 Å². The molecule has 1 heterocycles. The molecule has 2 nitrogen and oxygen atoms in total. The summed E-state index contributed by atoms with van der Waals surface area (Å²) in [4.78, 5) is 0. The van der Waals surface area contributed by atoms with Crippen LogP contribution in [0.3, 0.4) is 0 Å². The molecule has 72 valence electrons. The summed E-state index contributed by atoms with van der Waals surface area (Å²) in [5.74, 6) is 0.470. The van der Waals surface area contributed by atoms with Crippen molar-refractivity contribution >= 4 is 15.9 Å². The Kier molecular flexibility index (Phi) is 3.06. The molecule has 0 radical (unpaired) electrons. The van der Waals surface area contributed by atoms with Crippen LogP contribution < -0.4 is 0 Å². The van der Waals surface area contributed by atoms with Crippen molar-refractivity contribution in [2.75, 3.05) is 0 Å². The van der Waals surface area contributed by atoms with Crippen molar-refractivity contribution in [3.8, 4) is 0 Å². The number of hydrogen-bond donors (Lipinski definition) is 0. The fourth-order valence-corrected chi connectivity index (χ4v) is 1.64. The molecule has 1 atom stereocenters. The second-order valence-corrected chi connectivity index (χ2v) is 5.23. The van der Waals surface area contributed by atoms with Crippen LogP contribution in [0.5, 0.6) is 0 Å². The standard InChI is InChI=1S/C10H15BrN2/c1-7(10(2,3)4)8-5-12-13-6-9(8)11/h5-7H,1-4H3. The molecule has 1 rings (SSSR count). The Balaban J connectivity index is 3.02. The van der Waals surface area contributed by atoms with E-state index in [0.717, 1.165) is 4.47 Å². The molecule has 0 aromatic carbocycles. The number of halogens is 1. The van der Waals surface area contributed by atoms with E-state index in [-0.39, 0.29) is 5.41 Å². The molecule has 0 fully saturated rings. The minimum atomic E-state index is 0.256. The molecule has 13 heavy (non-hydrogen) atoms. The fraction of sp³-hybridized carbons (Fsp3) is 0.600. The summed E-state index contributed by atoms with van der Waals surface area (Å²) in [5.41, 5.74) is 1.48. The Labute approximate surface area is 87.9 Å². The number of nitrogens with zero attached hydrogens (tertiary/aromatic N) is 2. The quantitative estimate of drug-likeness (QED) is 0.755. The minimum Gasteiger partial charge on any atom is -0.159 e. The fourth-order valence-electron chi connectivity index (χ4n) is 1.10. The van der Waals surface area contributed by atoms with Crippen molar-refractivity contribution < 1.29 is 0 Å². The van der Waals surface area contributed by atoms with Gasteiger partial charge in [-0.3, -0.25) is 0 Å². The van der Waals surface area contributed by atoms with E-state index in [2.05, 4.69) is 53.8 Å².